The van der Waals surface area contributed by atoms with Gasteiger partial charge in [-0.25, -0.2) is 4.79 Å². The lowest BCUT2D eigenvalue weighted by molar-refractivity contribution is 0.0429. The summed E-state index contributed by atoms with van der Waals surface area (Å²) in [6.45, 7) is 5.45. The van der Waals surface area contributed by atoms with Crippen LogP contribution in [0.25, 0.3) is 11.3 Å². The number of phenols is 1. The van der Waals surface area contributed by atoms with Gasteiger partial charge in [-0.05, 0) is 117 Å². The SMILES string of the molecule is Cc1c(C(=O)N(C)c2ccc(O)cc2)cc(-c2cc3c(cc2C(=O)N2Cc4ccccc4C[C@H]2C)CN(C(=O)OC2CCCCC2)CC3)n1C. The number of anilines is 1. The van der Waals surface area contributed by atoms with E-state index in [0.717, 1.165) is 65.7 Å². The minimum atomic E-state index is -0.278. The number of phenolic OH excluding ortho intramolecular Hbond substituents is 1. The summed E-state index contributed by atoms with van der Waals surface area (Å²) in [4.78, 5) is 47.2. The second-order valence-corrected chi connectivity index (χ2v) is 14.2. The molecule has 1 atom stereocenters. The highest BCUT2D eigenvalue weighted by molar-refractivity contribution is 6.08. The summed E-state index contributed by atoms with van der Waals surface area (Å²) in [5.74, 6) is -0.123. The van der Waals surface area contributed by atoms with E-state index in [1.807, 2.05) is 47.7 Å². The van der Waals surface area contributed by atoms with Gasteiger partial charge in [0.2, 0.25) is 0 Å². The second kappa shape index (κ2) is 13.7. The molecule has 7 rings (SSSR count). The third kappa shape index (κ3) is 6.37. The number of fused-ring (bicyclic) bond motifs is 2. The van der Waals surface area contributed by atoms with Crippen LogP contribution in [0.3, 0.4) is 0 Å². The summed E-state index contributed by atoms with van der Waals surface area (Å²) >= 11 is 0. The molecule has 50 heavy (non-hydrogen) atoms. The molecule has 0 bridgehead atoms. The Morgan fingerprint density at radius 2 is 1.58 bits per heavy atom. The van der Waals surface area contributed by atoms with E-state index in [1.165, 1.54) is 12.0 Å². The van der Waals surface area contributed by atoms with Gasteiger partial charge in [-0.3, -0.25) is 9.59 Å². The predicted octanol–water partition coefficient (Wildman–Crippen LogP) is 7.40. The fraction of sp³-hybridized carbons (Fsp3) is 0.390. The zero-order valence-electron chi connectivity index (χ0n) is 29.4. The van der Waals surface area contributed by atoms with Crippen LogP contribution in [-0.4, -0.2) is 63.1 Å². The van der Waals surface area contributed by atoms with Crippen LogP contribution >= 0.6 is 0 Å². The summed E-state index contributed by atoms with van der Waals surface area (Å²) < 4.78 is 7.92. The van der Waals surface area contributed by atoms with Crippen molar-refractivity contribution in [3.8, 4) is 17.0 Å². The van der Waals surface area contributed by atoms with Crippen molar-refractivity contribution < 1.29 is 24.2 Å². The van der Waals surface area contributed by atoms with Crippen LogP contribution in [0.5, 0.6) is 5.75 Å². The molecule has 260 valence electrons. The van der Waals surface area contributed by atoms with Crippen LogP contribution in [0.4, 0.5) is 10.5 Å². The molecule has 0 radical (unpaired) electrons. The lowest BCUT2D eigenvalue weighted by Crippen LogP contribution is -2.43. The fourth-order valence-corrected chi connectivity index (χ4v) is 7.81. The summed E-state index contributed by atoms with van der Waals surface area (Å²) in [7, 11) is 3.65. The number of amides is 3. The van der Waals surface area contributed by atoms with Crippen molar-refractivity contribution in [1.29, 1.82) is 0 Å². The van der Waals surface area contributed by atoms with E-state index >= 15 is 0 Å². The smallest absolute Gasteiger partial charge is 0.410 e. The van der Waals surface area contributed by atoms with Crippen LogP contribution in [-0.2, 0) is 37.7 Å². The summed E-state index contributed by atoms with van der Waals surface area (Å²) in [5, 5.41) is 9.76. The van der Waals surface area contributed by atoms with Crippen LogP contribution in [0, 0.1) is 6.92 Å². The lowest BCUT2D eigenvalue weighted by atomic mass is 9.90. The Morgan fingerprint density at radius 3 is 2.32 bits per heavy atom. The topological polar surface area (TPSA) is 95.3 Å². The Hall–Kier alpha value is -5.05. The number of hydrogen-bond donors (Lipinski definition) is 1. The van der Waals surface area contributed by atoms with E-state index < -0.39 is 0 Å². The van der Waals surface area contributed by atoms with E-state index in [2.05, 4.69) is 25.1 Å². The Labute approximate surface area is 294 Å². The van der Waals surface area contributed by atoms with E-state index in [9.17, 15) is 19.5 Å². The Balaban J connectivity index is 1.26. The molecule has 1 N–H and O–H groups in total. The maximum Gasteiger partial charge on any atom is 0.410 e. The van der Waals surface area contributed by atoms with Gasteiger partial charge in [0, 0.05) is 68.0 Å². The average Bonchev–Trinajstić information content (AvgIpc) is 3.43. The molecule has 1 fully saturated rings. The van der Waals surface area contributed by atoms with Gasteiger partial charge in [0.15, 0.2) is 0 Å². The molecular weight excluding hydrogens is 628 g/mol. The van der Waals surface area contributed by atoms with E-state index in [1.54, 1.807) is 41.1 Å². The van der Waals surface area contributed by atoms with Crippen molar-refractivity contribution in [2.45, 2.75) is 84.0 Å². The van der Waals surface area contributed by atoms with Crippen LogP contribution in [0.1, 0.15) is 87.7 Å². The van der Waals surface area contributed by atoms with Gasteiger partial charge in [0.1, 0.15) is 11.9 Å². The molecule has 1 aliphatic carbocycles. The summed E-state index contributed by atoms with van der Waals surface area (Å²) in [6.07, 6.45) is 6.32. The zero-order valence-corrected chi connectivity index (χ0v) is 29.4. The molecule has 9 heteroatoms. The van der Waals surface area contributed by atoms with Crippen molar-refractivity contribution in [2.75, 3.05) is 18.5 Å². The standard InChI is InChI=1S/C41H46N4O5/c1-26-20-28-10-8-9-11-30(28)25-45(26)40(48)37-22-31-24-44(41(49)50-34-12-6-5-7-13-34)19-18-29(31)21-36(37)38-23-35(27(2)42(38)3)39(47)43(4)32-14-16-33(46)17-15-32/h8-11,14-17,21-23,26,34,46H,5-7,12-13,18-20,24-25H2,1-4H3/t26-/m1/s1. The Morgan fingerprint density at radius 1 is 0.860 bits per heavy atom. The van der Waals surface area contributed by atoms with Gasteiger partial charge in [-0.15, -0.1) is 0 Å². The molecule has 9 nitrogen and oxygen atoms in total. The molecule has 3 aliphatic rings. The van der Waals surface area contributed by atoms with Crippen molar-refractivity contribution in [2.24, 2.45) is 7.05 Å². The number of benzene rings is 3. The van der Waals surface area contributed by atoms with Gasteiger partial charge in [-0.2, -0.15) is 0 Å². The molecule has 0 saturated heterocycles. The Bertz CT molecular complexity index is 1940. The molecule has 3 amide bonds. The number of nitrogens with zero attached hydrogens (tertiary/aromatic N) is 4. The number of hydrogen-bond acceptors (Lipinski definition) is 5. The fourth-order valence-electron chi connectivity index (χ4n) is 7.81. The molecule has 3 heterocycles. The first-order valence-electron chi connectivity index (χ1n) is 17.8. The molecule has 0 unspecified atom stereocenters. The van der Waals surface area contributed by atoms with Gasteiger partial charge >= 0.3 is 6.09 Å². The molecular formula is C41H46N4O5. The van der Waals surface area contributed by atoms with E-state index in [0.29, 0.717) is 42.9 Å². The molecule has 1 saturated carbocycles. The summed E-state index contributed by atoms with van der Waals surface area (Å²) in [6, 6.07) is 20.8. The van der Waals surface area contributed by atoms with Gasteiger partial charge in [0.05, 0.1) is 5.56 Å². The molecule has 3 aromatic carbocycles. The highest BCUT2D eigenvalue weighted by Crippen LogP contribution is 2.36. The predicted molar refractivity (Wildman–Crippen MR) is 193 cm³/mol. The van der Waals surface area contributed by atoms with Crippen molar-refractivity contribution in [3.05, 3.63) is 106 Å². The van der Waals surface area contributed by atoms with Crippen LogP contribution < -0.4 is 4.90 Å². The Kier molecular flexibility index (Phi) is 9.16. The van der Waals surface area contributed by atoms with Crippen molar-refractivity contribution in [3.63, 3.8) is 0 Å². The number of aromatic nitrogens is 1. The lowest BCUT2D eigenvalue weighted by Gasteiger charge is -2.36. The minimum absolute atomic E-state index is 0.00509. The van der Waals surface area contributed by atoms with Crippen LogP contribution in [0.2, 0.25) is 0 Å². The quantitative estimate of drug-likeness (QED) is 0.238. The first-order valence-corrected chi connectivity index (χ1v) is 17.8. The summed E-state index contributed by atoms with van der Waals surface area (Å²) in [5.41, 5.74) is 8.53. The van der Waals surface area contributed by atoms with Gasteiger partial charge < -0.3 is 29.1 Å². The van der Waals surface area contributed by atoms with E-state index in [4.69, 9.17) is 4.74 Å². The number of aromatic hydroxyl groups is 1. The van der Waals surface area contributed by atoms with Crippen LogP contribution in [0.15, 0.2) is 66.7 Å². The zero-order chi connectivity index (χ0) is 35.1. The number of carbonyl (C=O) groups excluding carboxylic acids is 3. The molecule has 1 aromatic heterocycles. The van der Waals surface area contributed by atoms with Crippen molar-refractivity contribution >= 4 is 23.6 Å². The highest BCUT2D eigenvalue weighted by atomic mass is 16.6. The average molecular weight is 675 g/mol. The normalized spacial score (nSPS) is 17.6. The first-order chi connectivity index (χ1) is 24.1. The maximum atomic E-state index is 14.8. The molecule has 4 aromatic rings. The molecule has 2 aliphatic heterocycles. The molecule has 0 spiro atoms. The first kappa shape index (κ1) is 33.4. The third-order valence-electron chi connectivity index (χ3n) is 11.0. The maximum absolute atomic E-state index is 14.8. The van der Waals surface area contributed by atoms with Crippen molar-refractivity contribution in [1.82, 2.24) is 14.4 Å². The number of carbonyl (C=O) groups is 3. The van der Waals surface area contributed by atoms with E-state index in [-0.39, 0.29) is 35.8 Å². The van der Waals surface area contributed by atoms with Gasteiger partial charge in [0.25, 0.3) is 11.8 Å². The monoisotopic (exact) mass is 674 g/mol. The largest absolute Gasteiger partial charge is 0.508 e. The number of ether oxygens (including phenoxy) is 1. The minimum Gasteiger partial charge on any atom is -0.508 e. The van der Waals surface area contributed by atoms with Gasteiger partial charge in [-0.1, -0.05) is 30.7 Å². The number of rotatable bonds is 5. The third-order valence-corrected chi connectivity index (χ3v) is 11.0. The highest BCUT2D eigenvalue weighted by Gasteiger charge is 2.33. The second-order valence-electron chi connectivity index (χ2n) is 14.2.